The Morgan fingerprint density at radius 2 is 1.81 bits per heavy atom. The van der Waals surface area contributed by atoms with Gasteiger partial charge in [-0.05, 0) is 36.1 Å². The molecule has 0 amide bonds. The summed E-state index contributed by atoms with van der Waals surface area (Å²) in [5.41, 5.74) is 5.69. The molecule has 0 saturated heterocycles. The van der Waals surface area contributed by atoms with Gasteiger partial charge in [0.25, 0.3) is 0 Å². The fraction of sp³-hybridized carbons (Fsp3) is 0.167. The molecule has 1 unspecified atom stereocenters. The Hall–Kier alpha value is -1.26. The predicted molar refractivity (Wildman–Crippen MR) is 61.3 cm³/mol. The van der Waals surface area contributed by atoms with Gasteiger partial charge in [0.05, 0.1) is 5.54 Å². The molecule has 4 heteroatoms. The Morgan fingerprint density at radius 1 is 1.19 bits per heavy atom. The molecule has 0 aliphatic carbocycles. The van der Waals surface area contributed by atoms with Gasteiger partial charge >= 0.3 is 0 Å². The van der Waals surface area contributed by atoms with Crippen molar-refractivity contribution in [2.75, 3.05) is 0 Å². The lowest BCUT2D eigenvalue weighted by Gasteiger charge is -2.24. The van der Waals surface area contributed by atoms with E-state index in [1.807, 2.05) is 17.5 Å². The first-order valence-corrected chi connectivity index (χ1v) is 5.67. The molecule has 0 aliphatic heterocycles. The largest absolute Gasteiger partial charge is 0.317 e. The third-order valence-corrected chi connectivity index (χ3v) is 3.60. The molecular formula is C12H11F2NS. The van der Waals surface area contributed by atoms with E-state index in [1.165, 1.54) is 23.5 Å². The molecule has 2 aromatic rings. The van der Waals surface area contributed by atoms with Crippen LogP contribution in [0.25, 0.3) is 0 Å². The fourth-order valence-electron chi connectivity index (χ4n) is 1.57. The van der Waals surface area contributed by atoms with Gasteiger partial charge in [-0.3, -0.25) is 0 Å². The highest BCUT2D eigenvalue weighted by atomic mass is 32.1. The van der Waals surface area contributed by atoms with Crippen molar-refractivity contribution in [3.05, 3.63) is 57.8 Å². The lowest BCUT2D eigenvalue weighted by atomic mass is 9.91. The molecule has 1 atom stereocenters. The minimum atomic E-state index is -0.864. The number of hydrogen-bond acceptors (Lipinski definition) is 2. The van der Waals surface area contributed by atoms with Crippen LogP contribution in [0.4, 0.5) is 8.78 Å². The highest BCUT2D eigenvalue weighted by molar-refractivity contribution is 7.10. The highest BCUT2D eigenvalue weighted by Crippen LogP contribution is 2.30. The minimum Gasteiger partial charge on any atom is -0.317 e. The summed E-state index contributed by atoms with van der Waals surface area (Å²) in [6, 6.07) is 7.09. The van der Waals surface area contributed by atoms with Crippen LogP contribution in [0.2, 0.25) is 0 Å². The predicted octanol–water partition coefficient (Wildman–Crippen LogP) is 3.25. The van der Waals surface area contributed by atoms with Gasteiger partial charge in [0.1, 0.15) is 11.6 Å². The molecule has 0 spiro atoms. The van der Waals surface area contributed by atoms with E-state index in [0.29, 0.717) is 5.56 Å². The van der Waals surface area contributed by atoms with Crippen molar-refractivity contribution >= 4 is 11.3 Å². The third-order valence-electron chi connectivity index (χ3n) is 2.50. The third kappa shape index (κ3) is 1.99. The molecule has 0 radical (unpaired) electrons. The first kappa shape index (κ1) is 11.2. The number of thiophene rings is 1. The Kier molecular flexibility index (Phi) is 2.78. The van der Waals surface area contributed by atoms with Crippen LogP contribution in [-0.2, 0) is 5.54 Å². The number of hydrogen-bond donors (Lipinski definition) is 1. The van der Waals surface area contributed by atoms with E-state index in [9.17, 15) is 8.78 Å². The van der Waals surface area contributed by atoms with Crippen LogP contribution in [-0.4, -0.2) is 0 Å². The maximum Gasteiger partial charge on any atom is 0.126 e. The van der Waals surface area contributed by atoms with E-state index in [1.54, 1.807) is 6.92 Å². The monoisotopic (exact) mass is 239 g/mol. The van der Waals surface area contributed by atoms with Crippen molar-refractivity contribution in [2.24, 2.45) is 5.73 Å². The second-order valence-corrected chi connectivity index (χ2v) is 4.79. The second-order valence-electron chi connectivity index (χ2n) is 3.84. The highest BCUT2D eigenvalue weighted by Gasteiger charge is 2.25. The van der Waals surface area contributed by atoms with E-state index >= 15 is 0 Å². The Morgan fingerprint density at radius 3 is 2.31 bits per heavy atom. The summed E-state index contributed by atoms with van der Waals surface area (Å²) in [6.45, 7) is 1.74. The zero-order valence-electron chi connectivity index (χ0n) is 8.71. The standard InChI is InChI=1S/C12H11F2NS/c1-12(15,11-3-2-4-16-11)8-5-9(13)7-10(14)6-8/h2-7H,15H2,1H3. The van der Waals surface area contributed by atoms with Crippen LogP contribution in [0.15, 0.2) is 35.7 Å². The zero-order chi connectivity index (χ0) is 11.8. The van der Waals surface area contributed by atoms with Gasteiger partial charge in [-0.2, -0.15) is 0 Å². The number of benzene rings is 1. The van der Waals surface area contributed by atoms with E-state index in [4.69, 9.17) is 5.73 Å². The number of nitrogens with two attached hydrogens (primary N) is 1. The lowest BCUT2D eigenvalue weighted by molar-refractivity contribution is 0.555. The van der Waals surface area contributed by atoms with Gasteiger partial charge in [-0.1, -0.05) is 6.07 Å². The van der Waals surface area contributed by atoms with Crippen molar-refractivity contribution in [2.45, 2.75) is 12.5 Å². The summed E-state index contributed by atoms with van der Waals surface area (Å²) in [6.07, 6.45) is 0. The Balaban J connectivity index is 2.51. The van der Waals surface area contributed by atoms with Crippen LogP contribution >= 0.6 is 11.3 Å². The molecule has 16 heavy (non-hydrogen) atoms. The topological polar surface area (TPSA) is 26.0 Å². The van der Waals surface area contributed by atoms with E-state index < -0.39 is 17.2 Å². The van der Waals surface area contributed by atoms with Crippen LogP contribution in [0, 0.1) is 11.6 Å². The van der Waals surface area contributed by atoms with Crippen LogP contribution in [0.3, 0.4) is 0 Å². The average Bonchev–Trinajstić information content (AvgIpc) is 2.69. The molecule has 0 aliphatic rings. The lowest BCUT2D eigenvalue weighted by Crippen LogP contribution is -2.33. The first-order chi connectivity index (χ1) is 7.50. The molecule has 1 nitrogen and oxygen atoms in total. The molecule has 0 saturated carbocycles. The Bertz CT molecular complexity index is 471. The van der Waals surface area contributed by atoms with Gasteiger partial charge in [0, 0.05) is 10.9 Å². The Labute approximate surface area is 96.5 Å². The maximum absolute atomic E-state index is 13.1. The molecule has 1 aromatic carbocycles. The van der Waals surface area contributed by atoms with Gasteiger partial charge in [-0.15, -0.1) is 11.3 Å². The molecule has 1 aromatic heterocycles. The summed E-state index contributed by atoms with van der Waals surface area (Å²) in [4.78, 5) is 0.873. The normalized spacial score (nSPS) is 14.8. The summed E-state index contributed by atoms with van der Waals surface area (Å²) in [5.74, 6) is -1.22. The zero-order valence-corrected chi connectivity index (χ0v) is 9.52. The molecule has 1 heterocycles. The summed E-state index contributed by atoms with van der Waals surface area (Å²) >= 11 is 1.47. The van der Waals surface area contributed by atoms with Crippen molar-refractivity contribution < 1.29 is 8.78 Å². The minimum absolute atomic E-state index is 0.437. The van der Waals surface area contributed by atoms with Crippen molar-refractivity contribution in [1.29, 1.82) is 0 Å². The molecule has 0 fully saturated rings. The van der Waals surface area contributed by atoms with Crippen LogP contribution in [0.5, 0.6) is 0 Å². The smallest absolute Gasteiger partial charge is 0.126 e. The maximum atomic E-state index is 13.1. The molecule has 0 bridgehead atoms. The van der Waals surface area contributed by atoms with Crippen LogP contribution in [0.1, 0.15) is 17.4 Å². The van der Waals surface area contributed by atoms with Crippen molar-refractivity contribution in [3.8, 4) is 0 Å². The first-order valence-electron chi connectivity index (χ1n) is 4.79. The van der Waals surface area contributed by atoms with Gasteiger partial charge in [0.2, 0.25) is 0 Å². The molecule has 84 valence electrons. The number of rotatable bonds is 2. The fourth-order valence-corrected chi connectivity index (χ4v) is 2.39. The summed E-state index contributed by atoms with van der Waals surface area (Å²) < 4.78 is 26.2. The molecule has 2 N–H and O–H groups in total. The van der Waals surface area contributed by atoms with E-state index in [0.717, 1.165) is 10.9 Å². The molecule has 2 rings (SSSR count). The average molecular weight is 239 g/mol. The van der Waals surface area contributed by atoms with Crippen molar-refractivity contribution in [3.63, 3.8) is 0 Å². The van der Waals surface area contributed by atoms with E-state index in [2.05, 4.69) is 0 Å². The van der Waals surface area contributed by atoms with Crippen molar-refractivity contribution in [1.82, 2.24) is 0 Å². The van der Waals surface area contributed by atoms with E-state index in [-0.39, 0.29) is 0 Å². The van der Waals surface area contributed by atoms with Gasteiger partial charge < -0.3 is 5.73 Å². The second kappa shape index (κ2) is 3.96. The quantitative estimate of drug-likeness (QED) is 0.855. The SMILES string of the molecule is CC(N)(c1cc(F)cc(F)c1)c1cccs1. The molecular weight excluding hydrogens is 228 g/mol. The van der Waals surface area contributed by atoms with Gasteiger partial charge in [-0.25, -0.2) is 8.78 Å². The van der Waals surface area contributed by atoms with Crippen LogP contribution < -0.4 is 5.73 Å². The number of halogens is 2. The summed E-state index contributed by atoms with van der Waals surface area (Å²) in [5, 5.41) is 1.89. The summed E-state index contributed by atoms with van der Waals surface area (Å²) in [7, 11) is 0. The van der Waals surface area contributed by atoms with Gasteiger partial charge in [0.15, 0.2) is 0 Å².